The number of benzene rings is 2. The Hall–Kier alpha value is -3.65. The molecule has 0 bridgehead atoms. The number of piperazine rings is 1. The van der Waals surface area contributed by atoms with Crippen molar-refractivity contribution >= 4 is 28.4 Å². The van der Waals surface area contributed by atoms with Crippen LogP contribution in [0.15, 0.2) is 54.6 Å². The Bertz CT molecular complexity index is 1110. The highest BCUT2D eigenvalue weighted by atomic mass is 16.1. The first-order valence-corrected chi connectivity index (χ1v) is 9.64. The van der Waals surface area contributed by atoms with Gasteiger partial charge in [0.25, 0.3) is 5.91 Å². The Balaban J connectivity index is 1.28. The molecule has 1 fully saturated rings. The lowest BCUT2D eigenvalue weighted by Gasteiger charge is -2.29. The number of hydrogen-bond donors (Lipinski definition) is 4. The van der Waals surface area contributed by atoms with Gasteiger partial charge in [-0.05, 0) is 36.4 Å². The van der Waals surface area contributed by atoms with Gasteiger partial charge in [0.2, 0.25) is 0 Å². The molecule has 1 saturated heterocycles. The first-order chi connectivity index (χ1) is 14.3. The summed E-state index contributed by atoms with van der Waals surface area (Å²) in [4.78, 5) is 22.7. The van der Waals surface area contributed by atoms with Crippen molar-refractivity contribution in [3.05, 3.63) is 60.2 Å². The van der Waals surface area contributed by atoms with E-state index in [-0.39, 0.29) is 5.91 Å². The maximum absolute atomic E-state index is 12.6. The second-order valence-electron chi connectivity index (χ2n) is 7.01. The van der Waals surface area contributed by atoms with Gasteiger partial charge in [-0.3, -0.25) is 9.89 Å². The number of aromatic amines is 2. The Morgan fingerprint density at radius 1 is 1.03 bits per heavy atom. The van der Waals surface area contributed by atoms with E-state index < -0.39 is 0 Å². The number of rotatable bonds is 4. The fraction of sp³-hybridized carbons (Fsp3) is 0.190. The molecule has 1 amide bonds. The van der Waals surface area contributed by atoms with Gasteiger partial charge >= 0.3 is 0 Å². The molecule has 4 N–H and O–H groups in total. The van der Waals surface area contributed by atoms with Crippen LogP contribution in [0.25, 0.3) is 22.6 Å². The lowest BCUT2D eigenvalue weighted by molar-refractivity contribution is 0.102. The van der Waals surface area contributed by atoms with E-state index in [2.05, 4.69) is 35.7 Å². The van der Waals surface area contributed by atoms with E-state index in [1.54, 1.807) is 6.07 Å². The van der Waals surface area contributed by atoms with Crippen molar-refractivity contribution in [1.29, 1.82) is 0 Å². The predicted octanol–water partition coefficient (Wildman–Crippen LogP) is 2.61. The number of H-pyrrole nitrogens is 2. The Morgan fingerprint density at radius 3 is 2.62 bits per heavy atom. The van der Waals surface area contributed by atoms with E-state index in [1.165, 1.54) is 0 Å². The van der Waals surface area contributed by atoms with Gasteiger partial charge in [-0.1, -0.05) is 12.1 Å². The number of imidazole rings is 1. The predicted molar refractivity (Wildman–Crippen MR) is 113 cm³/mol. The summed E-state index contributed by atoms with van der Waals surface area (Å²) in [6.45, 7) is 3.91. The van der Waals surface area contributed by atoms with Crippen LogP contribution in [0.1, 0.15) is 10.4 Å². The summed E-state index contributed by atoms with van der Waals surface area (Å²) in [7, 11) is 0. The third-order valence-corrected chi connectivity index (χ3v) is 5.08. The standard InChI is InChI=1S/C21H21N7O/c29-21(14-5-7-15(8-6-14)28-11-9-22-10-12-28)25-19-13-18(26-27-19)20-23-16-3-1-2-4-17(16)24-20/h1-8,13,22H,9-12H2,(H,23,24)(H2,25,26,27,29). The zero-order valence-corrected chi connectivity index (χ0v) is 15.8. The molecule has 29 heavy (non-hydrogen) atoms. The molecule has 8 nitrogen and oxygen atoms in total. The minimum atomic E-state index is -0.195. The monoisotopic (exact) mass is 387 g/mol. The zero-order valence-electron chi connectivity index (χ0n) is 15.8. The van der Waals surface area contributed by atoms with Crippen molar-refractivity contribution in [2.45, 2.75) is 0 Å². The number of fused-ring (bicyclic) bond motifs is 1. The van der Waals surface area contributed by atoms with E-state index in [9.17, 15) is 4.79 Å². The second kappa shape index (κ2) is 7.40. The number of nitrogens with zero attached hydrogens (tertiary/aromatic N) is 3. The summed E-state index contributed by atoms with van der Waals surface area (Å²) < 4.78 is 0. The number of carbonyl (C=O) groups is 1. The Kier molecular flexibility index (Phi) is 4.45. The molecule has 0 saturated carbocycles. The van der Waals surface area contributed by atoms with Gasteiger partial charge < -0.3 is 20.5 Å². The highest BCUT2D eigenvalue weighted by Gasteiger charge is 2.14. The maximum Gasteiger partial charge on any atom is 0.256 e. The van der Waals surface area contributed by atoms with Gasteiger partial charge in [0.15, 0.2) is 11.6 Å². The maximum atomic E-state index is 12.6. The molecule has 4 aromatic rings. The summed E-state index contributed by atoms with van der Waals surface area (Å²) in [5, 5.41) is 13.3. The molecule has 5 rings (SSSR count). The molecule has 0 spiro atoms. The molecule has 0 aliphatic carbocycles. The van der Waals surface area contributed by atoms with Crippen LogP contribution in [0.2, 0.25) is 0 Å². The number of hydrogen-bond acceptors (Lipinski definition) is 5. The number of aromatic nitrogens is 4. The van der Waals surface area contributed by atoms with Crippen LogP contribution in [-0.4, -0.2) is 52.3 Å². The summed E-state index contributed by atoms with van der Waals surface area (Å²) >= 11 is 0. The van der Waals surface area contributed by atoms with Gasteiger partial charge in [-0.25, -0.2) is 4.98 Å². The van der Waals surface area contributed by atoms with E-state index in [0.29, 0.717) is 22.9 Å². The van der Waals surface area contributed by atoms with Crippen molar-refractivity contribution in [3.8, 4) is 11.5 Å². The Morgan fingerprint density at radius 2 is 1.83 bits per heavy atom. The average molecular weight is 387 g/mol. The van der Waals surface area contributed by atoms with Crippen LogP contribution in [-0.2, 0) is 0 Å². The smallest absolute Gasteiger partial charge is 0.256 e. The lowest BCUT2D eigenvalue weighted by Crippen LogP contribution is -2.43. The largest absolute Gasteiger partial charge is 0.369 e. The zero-order chi connectivity index (χ0) is 19.6. The van der Waals surface area contributed by atoms with Gasteiger partial charge in [0.1, 0.15) is 5.69 Å². The van der Waals surface area contributed by atoms with Gasteiger partial charge in [-0.15, -0.1) is 0 Å². The van der Waals surface area contributed by atoms with Crippen LogP contribution in [0.4, 0.5) is 11.5 Å². The molecule has 2 aromatic carbocycles. The first kappa shape index (κ1) is 17.4. The van der Waals surface area contributed by atoms with Crippen molar-refractivity contribution < 1.29 is 4.79 Å². The number of amides is 1. The first-order valence-electron chi connectivity index (χ1n) is 9.64. The van der Waals surface area contributed by atoms with Crippen molar-refractivity contribution in [3.63, 3.8) is 0 Å². The number of para-hydroxylation sites is 2. The van der Waals surface area contributed by atoms with Gasteiger partial charge in [-0.2, -0.15) is 5.10 Å². The quantitative estimate of drug-likeness (QED) is 0.431. The molecule has 146 valence electrons. The molecule has 0 atom stereocenters. The average Bonchev–Trinajstić information content (AvgIpc) is 3.41. The van der Waals surface area contributed by atoms with E-state index in [1.807, 2.05) is 48.5 Å². The molecule has 1 aliphatic rings. The summed E-state index contributed by atoms with van der Waals surface area (Å²) in [6, 6.07) is 17.3. The van der Waals surface area contributed by atoms with E-state index in [4.69, 9.17) is 0 Å². The van der Waals surface area contributed by atoms with Crippen LogP contribution in [0, 0.1) is 0 Å². The van der Waals surface area contributed by atoms with Crippen molar-refractivity contribution in [2.75, 3.05) is 36.4 Å². The van der Waals surface area contributed by atoms with Crippen molar-refractivity contribution in [1.82, 2.24) is 25.5 Å². The molecular weight excluding hydrogens is 366 g/mol. The normalized spacial score (nSPS) is 14.3. The molecule has 8 heteroatoms. The van der Waals surface area contributed by atoms with Crippen LogP contribution in [0.3, 0.4) is 0 Å². The molecule has 0 unspecified atom stereocenters. The molecule has 2 aromatic heterocycles. The number of nitrogens with one attached hydrogen (secondary N) is 4. The number of anilines is 2. The molecule has 1 aliphatic heterocycles. The minimum absolute atomic E-state index is 0.195. The summed E-state index contributed by atoms with van der Waals surface area (Å²) in [5.41, 5.74) is 4.28. The molecule has 0 radical (unpaired) electrons. The lowest BCUT2D eigenvalue weighted by atomic mass is 10.1. The SMILES string of the molecule is O=C(Nc1cc(-c2nc3ccccc3[nH]2)[nH]n1)c1ccc(N2CCNCC2)cc1. The highest BCUT2D eigenvalue weighted by Crippen LogP contribution is 2.21. The third-order valence-electron chi connectivity index (χ3n) is 5.08. The van der Waals surface area contributed by atoms with Crippen molar-refractivity contribution in [2.24, 2.45) is 0 Å². The summed E-state index contributed by atoms with van der Waals surface area (Å²) in [6.07, 6.45) is 0. The van der Waals surface area contributed by atoms with Gasteiger partial charge in [0, 0.05) is 43.5 Å². The van der Waals surface area contributed by atoms with Crippen LogP contribution < -0.4 is 15.5 Å². The van der Waals surface area contributed by atoms with E-state index >= 15 is 0 Å². The fourth-order valence-electron chi connectivity index (χ4n) is 3.52. The second-order valence-corrected chi connectivity index (χ2v) is 7.01. The van der Waals surface area contributed by atoms with Crippen LogP contribution in [0.5, 0.6) is 0 Å². The van der Waals surface area contributed by atoms with E-state index in [0.717, 1.165) is 42.9 Å². The third kappa shape index (κ3) is 3.57. The van der Waals surface area contributed by atoms with Gasteiger partial charge in [0.05, 0.1) is 11.0 Å². The molecular formula is C21H21N7O. The summed E-state index contributed by atoms with van der Waals surface area (Å²) in [5.74, 6) is 0.940. The van der Waals surface area contributed by atoms with Crippen LogP contribution >= 0.6 is 0 Å². The minimum Gasteiger partial charge on any atom is -0.369 e. The topological polar surface area (TPSA) is 102 Å². The highest BCUT2D eigenvalue weighted by molar-refractivity contribution is 6.04. The Labute approximate surface area is 167 Å². The number of carbonyl (C=O) groups excluding carboxylic acids is 1. The fourth-order valence-corrected chi connectivity index (χ4v) is 3.52. The molecule has 3 heterocycles.